The average molecular weight is 567 g/mol. The Hall–Kier alpha value is -3.40. The highest BCUT2D eigenvalue weighted by Gasteiger charge is 2.43. The van der Waals surface area contributed by atoms with Crippen LogP contribution in [0.15, 0.2) is 71.7 Å². The molecule has 0 aliphatic carbocycles. The van der Waals surface area contributed by atoms with Crippen molar-refractivity contribution in [3.8, 4) is 11.1 Å². The van der Waals surface area contributed by atoms with E-state index >= 15 is 0 Å². The van der Waals surface area contributed by atoms with E-state index in [-0.39, 0.29) is 17.9 Å². The van der Waals surface area contributed by atoms with Crippen LogP contribution in [0.5, 0.6) is 0 Å². The van der Waals surface area contributed by atoms with Gasteiger partial charge in [-0.2, -0.15) is 0 Å². The Labute approximate surface area is 212 Å². The van der Waals surface area contributed by atoms with Gasteiger partial charge in [-0.3, -0.25) is 9.69 Å². The van der Waals surface area contributed by atoms with Gasteiger partial charge < -0.3 is 16.4 Å². The molecule has 3 aromatic rings. The summed E-state index contributed by atoms with van der Waals surface area (Å²) in [5.74, 6) is 0.0381. The average Bonchev–Trinajstić information content (AvgIpc) is 3.01. The fraction of sp³-hybridized carbons (Fsp3) is 0.192. The van der Waals surface area contributed by atoms with Gasteiger partial charge in [-0.15, -0.1) is 0 Å². The van der Waals surface area contributed by atoms with E-state index < -0.39 is 5.54 Å². The number of halogens is 1. The van der Waals surface area contributed by atoms with Gasteiger partial charge >= 0.3 is 6.03 Å². The molecule has 174 valence electrons. The quantitative estimate of drug-likeness (QED) is 0.394. The van der Waals surface area contributed by atoms with Crippen LogP contribution < -0.4 is 16.4 Å². The molecule has 0 saturated carbocycles. The fourth-order valence-electron chi connectivity index (χ4n) is 4.01. The highest BCUT2D eigenvalue weighted by Crippen LogP contribution is 2.35. The highest BCUT2D eigenvalue weighted by atomic mass is 127. The number of aryl methyl sites for hydroxylation is 1. The molecule has 0 aromatic heterocycles. The van der Waals surface area contributed by atoms with Crippen molar-refractivity contribution in [2.24, 2.45) is 10.7 Å². The fourth-order valence-corrected chi connectivity index (χ4v) is 4.50. The number of guanidine groups is 1. The molecule has 7 nitrogen and oxygen atoms in total. The Bertz CT molecular complexity index is 1310. The second kappa shape index (κ2) is 9.46. The van der Waals surface area contributed by atoms with Gasteiger partial charge in [0.1, 0.15) is 0 Å². The van der Waals surface area contributed by atoms with Crippen LogP contribution in [0.2, 0.25) is 0 Å². The zero-order valence-electron chi connectivity index (χ0n) is 19.2. The lowest BCUT2D eigenvalue weighted by atomic mass is 9.89. The molecule has 0 radical (unpaired) electrons. The van der Waals surface area contributed by atoms with Crippen LogP contribution in [0.25, 0.3) is 11.1 Å². The van der Waals surface area contributed by atoms with Crippen molar-refractivity contribution < 1.29 is 9.59 Å². The van der Waals surface area contributed by atoms with Gasteiger partial charge in [-0.1, -0.05) is 36.4 Å². The third-order valence-electron chi connectivity index (χ3n) is 5.93. The first-order valence-corrected chi connectivity index (χ1v) is 11.9. The van der Waals surface area contributed by atoms with E-state index in [1.807, 2.05) is 67.6 Å². The Kier molecular flexibility index (Phi) is 6.60. The number of hydrogen-bond acceptors (Lipinski definition) is 4. The number of likely N-dealkylation sites (N-methyl/N-ethyl adjacent to an activating group) is 1. The summed E-state index contributed by atoms with van der Waals surface area (Å²) in [6.07, 6.45) is 0. The van der Waals surface area contributed by atoms with E-state index in [2.05, 4.69) is 44.3 Å². The molecule has 0 bridgehead atoms. The summed E-state index contributed by atoms with van der Waals surface area (Å²) in [6, 6.07) is 21.2. The van der Waals surface area contributed by atoms with Crippen molar-refractivity contribution in [1.29, 1.82) is 0 Å². The number of urea groups is 1. The molecule has 0 saturated heterocycles. The van der Waals surface area contributed by atoms with Crippen molar-refractivity contribution >= 4 is 46.2 Å². The molecular weight excluding hydrogens is 541 g/mol. The summed E-state index contributed by atoms with van der Waals surface area (Å²) in [6.45, 7) is 4.10. The number of benzene rings is 3. The number of nitrogens with two attached hydrogens (primary N) is 1. The SMILES string of the molecule is Cc1cccc(NC(=O)NCc2ccc(I)cc2-c2cccc(C3(C)N=C(N)N(C)C3=O)c2)c1. The van der Waals surface area contributed by atoms with E-state index in [0.717, 1.165) is 37.1 Å². The molecule has 1 aliphatic rings. The van der Waals surface area contributed by atoms with Gasteiger partial charge in [0.2, 0.25) is 0 Å². The summed E-state index contributed by atoms with van der Waals surface area (Å²) in [5.41, 5.74) is 10.3. The molecule has 1 aliphatic heterocycles. The lowest BCUT2D eigenvalue weighted by Crippen LogP contribution is -2.38. The highest BCUT2D eigenvalue weighted by molar-refractivity contribution is 14.1. The van der Waals surface area contributed by atoms with Crippen LogP contribution in [-0.4, -0.2) is 29.8 Å². The summed E-state index contributed by atoms with van der Waals surface area (Å²) >= 11 is 2.27. The molecule has 8 heteroatoms. The first-order valence-electron chi connectivity index (χ1n) is 10.8. The summed E-state index contributed by atoms with van der Waals surface area (Å²) < 4.78 is 1.07. The second-order valence-electron chi connectivity index (χ2n) is 8.47. The minimum atomic E-state index is -1.07. The first kappa shape index (κ1) is 23.7. The zero-order chi connectivity index (χ0) is 24.5. The lowest BCUT2D eigenvalue weighted by Gasteiger charge is -2.21. The molecule has 1 unspecified atom stereocenters. The van der Waals surface area contributed by atoms with E-state index in [4.69, 9.17) is 5.73 Å². The summed E-state index contributed by atoms with van der Waals surface area (Å²) in [7, 11) is 1.63. The molecule has 0 fully saturated rings. The number of nitrogens with one attached hydrogen (secondary N) is 2. The molecule has 3 amide bonds. The van der Waals surface area contributed by atoms with E-state index in [0.29, 0.717) is 6.54 Å². The lowest BCUT2D eigenvalue weighted by molar-refractivity contribution is -0.130. The van der Waals surface area contributed by atoms with Gasteiger partial charge in [-0.05, 0) is 94.6 Å². The number of hydrogen-bond donors (Lipinski definition) is 3. The zero-order valence-corrected chi connectivity index (χ0v) is 21.4. The number of nitrogens with zero attached hydrogens (tertiary/aromatic N) is 2. The van der Waals surface area contributed by atoms with E-state index in [9.17, 15) is 9.59 Å². The number of aliphatic imine (C=N–C) groups is 1. The van der Waals surface area contributed by atoms with Gasteiger partial charge in [0.25, 0.3) is 5.91 Å². The van der Waals surface area contributed by atoms with Crippen molar-refractivity contribution in [2.45, 2.75) is 25.9 Å². The van der Waals surface area contributed by atoms with Crippen LogP contribution in [0.3, 0.4) is 0 Å². The number of anilines is 1. The van der Waals surface area contributed by atoms with Gasteiger partial charge in [-0.25, -0.2) is 9.79 Å². The smallest absolute Gasteiger partial charge is 0.319 e. The minimum Gasteiger partial charge on any atom is -0.369 e. The summed E-state index contributed by atoms with van der Waals surface area (Å²) in [5, 5.41) is 5.81. The van der Waals surface area contributed by atoms with E-state index in [1.54, 1.807) is 14.0 Å². The summed E-state index contributed by atoms with van der Waals surface area (Å²) in [4.78, 5) is 31.1. The molecule has 3 aromatic carbocycles. The van der Waals surface area contributed by atoms with Gasteiger partial charge in [0.15, 0.2) is 11.5 Å². The molecule has 1 heterocycles. The third-order valence-corrected chi connectivity index (χ3v) is 6.60. The molecular formula is C26H26IN5O2. The predicted molar refractivity (Wildman–Crippen MR) is 143 cm³/mol. The van der Waals surface area contributed by atoms with E-state index in [1.165, 1.54) is 4.90 Å². The third kappa shape index (κ3) is 4.77. The number of amides is 3. The van der Waals surface area contributed by atoms with Crippen LogP contribution >= 0.6 is 22.6 Å². The van der Waals surface area contributed by atoms with Crippen LogP contribution in [0, 0.1) is 10.5 Å². The predicted octanol–water partition coefficient (Wildman–Crippen LogP) is 4.59. The number of carbonyl (C=O) groups excluding carboxylic acids is 2. The van der Waals surface area contributed by atoms with Crippen molar-refractivity contribution in [3.05, 3.63) is 87.0 Å². The molecule has 34 heavy (non-hydrogen) atoms. The minimum absolute atomic E-state index is 0.167. The number of carbonyl (C=O) groups is 2. The maximum Gasteiger partial charge on any atom is 0.319 e. The Morgan fingerprint density at radius 3 is 2.59 bits per heavy atom. The molecule has 1 atom stereocenters. The normalized spacial score (nSPS) is 17.5. The topological polar surface area (TPSA) is 99.8 Å². The first-order chi connectivity index (χ1) is 16.2. The largest absolute Gasteiger partial charge is 0.369 e. The standard InChI is InChI=1S/C26H26IN5O2/c1-16-6-4-9-21(12-16)30-25(34)29-15-18-10-11-20(27)14-22(18)17-7-5-8-19(13-17)26(2)23(33)32(3)24(28)31-26/h4-14H,15H2,1-3H3,(H2,28,31)(H2,29,30,34). The van der Waals surface area contributed by atoms with Crippen LogP contribution in [0.4, 0.5) is 10.5 Å². The van der Waals surface area contributed by atoms with Gasteiger partial charge in [0, 0.05) is 22.8 Å². The molecule has 4 rings (SSSR count). The maximum atomic E-state index is 12.8. The van der Waals surface area contributed by atoms with Crippen molar-refractivity contribution in [1.82, 2.24) is 10.2 Å². The Morgan fingerprint density at radius 1 is 1.12 bits per heavy atom. The van der Waals surface area contributed by atoms with Crippen LogP contribution in [-0.2, 0) is 16.9 Å². The van der Waals surface area contributed by atoms with Crippen molar-refractivity contribution in [2.75, 3.05) is 12.4 Å². The maximum absolute atomic E-state index is 12.8. The Morgan fingerprint density at radius 2 is 1.88 bits per heavy atom. The molecule has 4 N–H and O–H groups in total. The number of rotatable bonds is 5. The van der Waals surface area contributed by atoms with Crippen molar-refractivity contribution in [3.63, 3.8) is 0 Å². The van der Waals surface area contributed by atoms with Gasteiger partial charge in [0.05, 0.1) is 0 Å². The second-order valence-corrected chi connectivity index (χ2v) is 9.71. The monoisotopic (exact) mass is 567 g/mol. The molecule has 0 spiro atoms. The van der Waals surface area contributed by atoms with Crippen LogP contribution in [0.1, 0.15) is 23.6 Å². The Balaban J connectivity index is 1.59.